The van der Waals surface area contributed by atoms with E-state index in [-0.39, 0.29) is 0 Å². The number of aryl methyl sites for hydroxylation is 1. The smallest absolute Gasteiger partial charge is 0.0660 e. The molecule has 0 amide bonds. The van der Waals surface area contributed by atoms with E-state index in [9.17, 15) is 0 Å². The Morgan fingerprint density at radius 2 is 2.23 bits per heavy atom. The molecule has 1 heterocycles. The molecule has 0 unspecified atom stereocenters. The minimum atomic E-state index is 0.430. The van der Waals surface area contributed by atoms with Gasteiger partial charge in [-0.15, -0.1) is 11.6 Å². The van der Waals surface area contributed by atoms with E-state index in [4.69, 9.17) is 11.6 Å². The van der Waals surface area contributed by atoms with Gasteiger partial charge in [-0.2, -0.15) is 5.10 Å². The van der Waals surface area contributed by atoms with Gasteiger partial charge >= 0.3 is 0 Å². The predicted molar refractivity (Wildman–Crippen MR) is 54.2 cm³/mol. The molecule has 0 radical (unpaired) electrons. The molecule has 0 aromatic carbocycles. The molecule has 1 aromatic heterocycles. The second kappa shape index (κ2) is 3.33. The molecule has 0 N–H and O–H groups in total. The van der Waals surface area contributed by atoms with Crippen molar-refractivity contribution in [1.82, 2.24) is 9.78 Å². The summed E-state index contributed by atoms with van der Waals surface area (Å²) in [6.07, 6.45) is 3.56. The molecule has 0 fully saturated rings. The van der Waals surface area contributed by atoms with Crippen LogP contribution in [0.25, 0.3) is 0 Å². The Balaban J connectivity index is 2.47. The number of rotatable bonds is 2. The van der Waals surface area contributed by atoms with Crippen molar-refractivity contribution in [2.75, 3.05) is 0 Å². The third kappa shape index (κ3) is 1.37. The maximum atomic E-state index is 5.94. The highest BCUT2D eigenvalue weighted by atomic mass is 35.5. The number of hydrogen-bond acceptors (Lipinski definition) is 1. The molecule has 1 aromatic rings. The van der Waals surface area contributed by atoms with E-state index in [1.807, 2.05) is 0 Å². The third-order valence-corrected chi connectivity index (χ3v) is 2.91. The summed E-state index contributed by atoms with van der Waals surface area (Å²) in [5.74, 6) is 0.598. The van der Waals surface area contributed by atoms with Gasteiger partial charge in [-0.25, -0.2) is 0 Å². The van der Waals surface area contributed by atoms with E-state index in [2.05, 4.69) is 23.6 Å². The number of aromatic nitrogens is 2. The molecule has 0 atom stereocenters. The first-order chi connectivity index (χ1) is 6.24. The molecular formula is C10H15ClN2. The van der Waals surface area contributed by atoms with Gasteiger partial charge in [0.1, 0.15) is 0 Å². The van der Waals surface area contributed by atoms with E-state index in [0.717, 1.165) is 6.42 Å². The first-order valence-electron chi connectivity index (χ1n) is 4.89. The molecule has 0 spiro atoms. The van der Waals surface area contributed by atoms with Gasteiger partial charge in [0.25, 0.3) is 0 Å². The highest BCUT2D eigenvalue weighted by Gasteiger charge is 2.22. The second-order valence-electron chi connectivity index (χ2n) is 3.90. The average Bonchev–Trinajstić information content (AvgIpc) is 2.60. The molecule has 0 saturated carbocycles. The number of nitrogens with zero attached hydrogens (tertiary/aromatic N) is 2. The van der Waals surface area contributed by atoms with Gasteiger partial charge in [-0.1, -0.05) is 0 Å². The Labute approximate surface area is 83.9 Å². The van der Waals surface area contributed by atoms with Crippen LogP contribution >= 0.6 is 11.6 Å². The molecule has 1 aliphatic carbocycles. The zero-order chi connectivity index (χ0) is 9.42. The SMILES string of the molecule is CC(C)n1nc2c(c1CCl)CCC2. The first-order valence-corrected chi connectivity index (χ1v) is 5.42. The summed E-state index contributed by atoms with van der Waals surface area (Å²) in [6, 6.07) is 0.430. The van der Waals surface area contributed by atoms with Gasteiger partial charge in [-0.3, -0.25) is 4.68 Å². The molecule has 1 aliphatic rings. The van der Waals surface area contributed by atoms with Crippen LogP contribution in [0.2, 0.25) is 0 Å². The molecular weight excluding hydrogens is 184 g/mol. The van der Waals surface area contributed by atoms with Crippen molar-refractivity contribution >= 4 is 11.6 Å². The predicted octanol–water partition coefficient (Wildman–Crippen LogP) is 2.69. The third-order valence-electron chi connectivity index (χ3n) is 2.66. The summed E-state index contributed by atoms with van der Waals surface area (Å²) in [7, 11) is 0. The average molecular weight is 199 g/mol. The van der Waals surface area contributed by atoms with Gasteiger partial charge in [0.05, 0.1) is 17.3 Å². The molecule has 13 heavy (non-hydrogen) atoms. The van der Waals surface area contributed by atoms with Crippen LogP contribution in [0.5, 0.6) is 0 Å². The lowest BCUT2D eigenvalue weighted by molar-refractivity contribution is 0.508. The standard InChI is InChI=1S/C10H15ClN2/c1-7(2)13-10(6-11)8-4-3-5-9(8)12-13/h7H,3-6H2,1-2H3. The maximum Gasteiger partial charge on any atom is 0.0660 e. The van der Waals surface area contributed by atoms with Crippen LogP contribution < -0.4 is 0 Å². The van der Waals surface area contributed by atoms with Crippen molar-refractivity contribution in [2.45, 2.75) is 45.0 Å². The van der Waals surface area contributed by atoms with Crippen molar-refractivity contribution in [2.24, 2.45) is 0 Å². The maximum absolute atomic E-state index is 5.94. The fourth-order valence-corrected chi connectivity index (χ4v) is 2.33. The van der Waals surface area contributed by atoms with Crippen molar-refractivity contribution in [3.63, 3.8) is 0 Å². The zero-order valence-corrected chi connectivity index (χ0v) is 8.93. The van der Waals surface area contributed by atoms with E-state index in [1.54, 1.807) is 0 Å². The van der Waals surface area contributed by atoms with Gasteiger partial charge in [0.2, 0.25) is 0 Å². The van der Waals surface area contributed by atoms with Gasteiger partial charge < -0.3 is 0 Å². The second-order valence-corrected chi connectivity index (χ2v) is 4.16. The quantitative estimate of drug-likeness (QED) is 0.669. The zero-order valence-electron chi connectivity index (χ0n) is 8.18. The van der Waals surface area contributed by atoms with Crippen LogP contribution in [0.1, 0.15) is 43.3 Å². The Morgan fingerprint density at radius 1 is 1.46 bits per heavy atom. The van der Waals surface area contributed by atoms with Crippen LogP contribution in [-0.4, -0.2) is 9.78 Å². The van der Waals surface area contributed by atoms with Crippen LogP contribution in [-0.2, 0) is 18.7 Å². The number of hydrogen-bond donors (Lipinski definition) is 0. The summed E-state index contributed by atoms with van der Waals surface area (Å²) in [6.45, 7) is 4.30. The van der Waals surface area contributed by atoms with E-state index in [0.29, 0.717) is 11.9 Å². The fourth-order valence-electron chi connectivity index (χ4n) is 2.05. The van der Waals surface area contributed by atoms with E-state index in [1.165, 1.54) is 29.8 Å². The fraction of sp³-hybridized carbons (Fsp3) is 0.700. The van der Waals surface area contributed by atoms with E-state index < -0.39 is 0 Å². The molecule has 2 nitrogen and oxygen atoms in total. The molecule has 3 heteroatoms. The lowest BCUT2D eigenvalue weighted by Gasteiger charge is -2.10. The number of fused-ring (bicyclic) bond motifs is 1. The first kappa shape index (κ1) is 9.07. The van der Waals surface area contributed by atoms with Crippen LogP contribution in [0.4, 0.5) is 0 Å². The highest BCUT2D eigenvalue weighted by molar-refractivity contribution is 6.17. The van der Waals surface area contributed by atoms with Crippen molar-refractivity contribution in [1.29, 1.82) is 0 Å². The summed E-state index contributed by atoms with van der Waals surface area (Å²) in [5.41, 5.74) is 3.94. The Morgan fingerprint density at radius 3 is 2.85 bits per heavy atom. The lowest BCUT2D eigenvalue weighted by atomic mass is 10.2. The molecule has 0 saturated heterocycles. The normalized spacial score (nSPS) is 15.4. The van der Waals surface area contributed by atoms with Crippen molar-refractivity contribution in [3.8, 4) is 0 Å². The largest absolute Gasteiger partial charge is 0.265 e. The Kier molecular flexibility index (Phi) is 2.33. The van der Waals surface area contributed by atoms with Gasteiger partial charge in [0, 0.05) is 6.04 Å². The molecule has 0 bridgehead atoms. The molecule has 72 valence electrons. The number of halogens is 1. The van der Waals surface area contributed by atoms with Crippen LogP contribution in [0.15, 0.2) is 0 Å². The van der Waals surface area contributed by atoms with Gasteiger partial charge in [0.15, 0.2) is 0 Å². The minimum Gasteiger partial charge on any atom is -0.265 e. The Bertz CT molecular complexity index is 315. The van der Waals surface area contributed by atoms with Gasteiger partial charge in [-0.05, 0) is 38.7 Å². The topological polar surface area (TPSA) is 17.8 Å². The monoisotopic (exact) mass is 198 g/mol. The van der Waals surface area contributed by atoms with Crippen molar-refractivity contribution < 1.29 is 0 Å². The number of alkyl halides is 1. The summed E-state index contributed by atoms with van der Waals surface area (Å²) in [4.78, 5) is 0. The Hall–Kier alpha value is -0.500. The van der Waals surface area contributed by atoms with E-state index >= 15 is 0 Å². The van der Waals surface area contributed by atoms with Crippen LogP contribution in [0, 0.1) is 0 Å². The molecule has 0 aliphatic heterocycles. The molecule has 2 rings (SSSR count). The van der Waals surface area contributed by atoms with Crippen LogP contribution in [0.3, 0.4) is 0 Å². The summed E-state index contributed by atoms with van der Waals surface area (Å²) in [5, 5.41) is 4.59. The lowest BCUT2D eigenvalue weighted by Crippen LogP contribution is -2.07. The summed E-state index contributed by atoms with van der Waals surface area (Å²) >= 11 is 5.94. The highest BCUT2D eigenvalue weighted by Crippen LogP contribution is 2.27. The summed E-state index contributed by atoms with van der Waals surface area (Å²) < 4.78 is 2.08. The minimum absolute atomic E-state index is 0.430. The van der Waals surface area contributed by atoms with Crippen molar-refractivity contribution in [3.05, 3.63) is 17.0 Å².